The van der Waals surface area contributed by atoms with Crippen molar-refractivity contribution in [3.8, 4) is 5.75 Å². The van der Waals surface area contributed by atoms with Gasteiger partial charge < -0.3 is 13.9 Å². The van der Waals surface area contributed by atoms with E-state index in [9.17, 15) is 13.2 Å². The molecule has 0 spiro atoms. The minimum absolute atomic E-state index is 0.231. The number of methoxy groups -OCH3 is 1. The van der Waals surface area contributed by atoms with E-state index in [1.807, 2.05) is 0 Å². The molecule has 0 amide bonds. The minimum Gasteiger partial charge on any atom is -0.497 e. The molecule has 1 unspecified atom stereocenters. The highest BCUT2D eigenvalue weighted by molar-refractivity contribution is 7.89. The van der Waals surface area contributed by atoms with Gasteiger partial charge in [0.1, 0.15) is 17.8 Å². The number of carbonyl (C=O) groups excluding carboxylic acids is 1. The maximum absolute atomic E-state index is 13.2. The fourth-order valence-corrected chi connectivity index (χ4v) is 4.60. The van der Waals surface area contributed by atoms with Crippen molar-refractivity contribution in [1.82, 2.24) is 4.31 Å². The Kier molecular flexibility index (Phi) is 6.33. The monoisotopic (exact) mass is 395 g/mol. The molecule has 0 N–H and O–H groups in total. The summed E-state index contributed by atoms with van der Waals surface area (Å²) in [6, 6.07) is 4.26. The average Bonchev–Trinajstić information content (AvgIpc) is 3.09. The topological polar surface area (TPSA) is 86.0 Å². The van der Waals surface area contributed by atoms with E-state index >= 15 is 0 Å². The van der Waals surface area contributed by atoms with Crippen molar-refractivity contribution in [3.05, 3.63) is 46.9 Å². The predicted octanol–water partition coefficient (Wildman–Crippen LogP) is 3.46. The number of aryl methyl sites for hydroxylation is 2. The lowest BCUT2D eigenvalue weighted by Crippen LogP contribution is -2.30. The SMILES string of the molecule is CCOC(=O)c1coc(C(C)N(C)S(=O)(=O)c2c(C)cc(OC)cc2C)c1. The van der Waals surface area contributed by atoms with Gasteiger partial charge in [-0.25, -0.2) is 13.2 Å². The van der Waals surface area contributed by atoms with Crippen LogP contribution >= 0.6 is 0 Å². The van der Waals surface area contributed by atoms with Crippen molar-refractivity contribution < 1.29 is 27.1 Å². The van der Waals surface area contributed by atoms with Crippen LogP contribution in [0.3, 0.4) is 0 Å². The van der Waals surface area contributed by atoms with Gasteiger partial charge in [-0.05, 0) is 57.0 Å². The summed E-state index contributed by atoms with van der Waals surface area (Å²) in [5.41, 5.74) is 1.44. The van der Waals surface area contributed by atoms with Gasteiger partial charge in [-0.15, -0.1) is 0 Å². The standard InChI is InChI=1S/C19H25NO6S/c1-7-25-19(21)15-10-17(26-11-15)14(4)20(5)27(22,23)18-12(2)8-16(24-6)9-13(18)3/h8-11,14H,7H2,1-6H3. The third kappa shape index (κ3) is 4.17. The summed E-state index contributed by atoms with van der Waals surface area (Å²) >= 11 is 0. The van der Waals surface area contributed by atoms with Crippen LogP contribution < -0.4 is 4.74 Å². The summed E-state index contributed by atoms with van der Waals surface area (Å²) in [5, 5.41) is 0. The summed E-state index contributed by atoms with van der Waals surface area (Å²) in [5.74, 6) is 0.449. The number of hydrogen-bond donors (Lipinski definition) is 0. The smallest absolute Gasteiger partial charge is 0.341 e. The van der Waals surface area contributed by atoms with Gasteiger partial charge in [-0.1, -0.05) is 0 Å². The molecule has 1 aromatic carbocycles. The number of hydrogen-bond acceptors (Lipinski definition) is 6. The largest absolute Gasteiger partial charge is 0.497 e. The van der Waals surface area contributed by atoms with Crippen LogP contribution in [0.5, 0.6) is 5.75 Å². The molecule has 1 aromatic heterocycles. The third-order valence-electron chi connectivity index (χ3n) is 4.39. The molecule has 2 rings (SSSR count). The van der Waals surface area contributed by atoms with Gasteiger partial charge in [-0.2, -0.15) is 4.31 Å². The number of carbonyl (C=O) groups is 1. The molecule has 148 valence electrons. The van der Waals surface area contributed by atoms with E-state index in [-0.39, 0.29) is 17.1 Å². The molecule has 1 atom stereocenters. The summed E-state index contributed by atoms with van der Waals surface area (Å²) < 4.78 is 43.1. The van der Waals surface area contributed by atoms with Crippen LogP contribution in [0.1, 0.15) is 47.1 Å². The molecule has 1 heterocycles. The fraction of sp³-hybridized carbons (Fsp3) is 0.421. The quantitative estimate of drug-likeness (QED) is 0.667. The van der Waals surface area contributed by atoms with Gasteiger partial charge in [-0.3, -0.25) is 0 Å². The molecule has 0 radical (unpaired) electrons. The Balaban J connectivity index is 2.36. The van der Waals surface area contributed by atoms with Crippen molar-refractivity contribution in [2.24, 2.45) is 0 Å². The second-order valence-electron chi connectivity index (χ2n) is 6.25. The van der Waals surface area contributed by atoms with E-state index in [0.717, 1.165) is 0 Å². The van der Waals surface area contributed by atoms with Gasteiger partial charge in [0.05, 0.1) is 30.2 Å². The third-order valence-corrected chi connectivity index (χ3v) is 6.63. The number of ether oxygens (including phenoxy) is 2. The van der Waals surface area contributed by atoms with Crippen LogP contribution in [-0.4, -0.2) is 39.5 Å². The first-order chi connectivity index (χ1) is 12.6. The number of sulfonamides is 1. The molecule has 0 aliphatic carbocycles. The lowest BCUT2D eigenvalue weighted by atomic mass is 10.1. The van der Waals surface area contributed by atoms with Crippen LogP contribution in [0, 0.1) is 13.8 Å². The molecule has 2 aromatic rings. The Hall–Kier alpha value is -2.32. The van der Waals surface area contributed by atoms with Crippen molar-refractivity contribution in [3.63, 3.8) is 0 Å². The number of nitrogens with zero attached hydrogens (tertiary/aromatic N) is 1. The second-order valence-corrected chi connectivity index (χ2v) is 8.18. The van der Waals surface area contributed by atoms with Crippen molar-refractivity contribution in [2.75, 3.05) is 20.8 Å². The Bertz CT molecular complexity index is 908. The normalized spacial score (nSPS) is 12.9. The maximum atomic E-state index is 13.2. The Labute approximate surface area is 159 Å². The Morgan fingerprint density at radius 3 is 2.33 bits per heavy atom. The second kappa shape index (κ2) is 8.14. The van der Waals surface area contributed by atoms with Crippen LogP contribution in [0.15, 0.2) is 33.8 Å². The van der Waals surface area contributed by atoms with E-state index in [1.54, 1.807) is 39.8 Å². The van der Waals surface area contributed by atoms with Gasteiger partial charge in [0.25, 0.3) is 0 Å². The van der Waals surface area contributed by atoms with Crippen LogP contribution in [-0.2, 0) is 14.8 Å². The van der Waals surface area contributed by atoms with E-state index < -0.39 is 22.0 Å². The first-order valence-electron chi connectivity index (χ1n) is 8.52. The van der Waals surface area contributed by atoms with E-state index in [0.29, 0.717) is 22.6 Å². The zero-order chi connectivity index (χ0) is 20.4. The highest BCUT2D eigenvalue weighted by Gasteiger charge is 2.31. The maximum Gasteiger partial charge on any atom is 0.341 e. The molecule has 0 bridgehead atoms. The first-order valence-corrected chi connectivity index (χ1v) is 9.96. The molecule has 0 aliphatic heterocycles. The highest BCUT2D eigenvalue weighted by Crippen LogP contribution is 2.32. The Morgan fingerprint density at radius 2 is 1.81 bits per heavy atom. The summed E-state index contributed by atoms with van der Waals surface area (Å²) in [7, 11) is -0.774. The summed E-state index contributed by atoms with van der Waals surface area (Å²) in [6.07, 6.45) is 1.27. The van der Waals surface area contributed by atoms with Gasteiger partial charge in [0.15, 0.2) is 0 Å². The molecule has 0 fully saturated rings. The number of rotatable bonds is 7. The lowest BCUT2D eigenvalue weighted by molar-refractivity contribution is 0.0525. The van der Waals surface area contributed by atoms with E-state index in [2.05, 4.69) is 0 Å². The lowest BCUT2D eigenvalue weighted by Gasteiger charge is -2.25. The number of esters is 1. The average molecular weight is 395 g/mol. The van der Waals surface area contributed by atoms with Crippen molar-refractivity contribution in [1.29, 1.82) is 0 Å². The van der Waals surface area contributed by atoms with Crippen molar-refractivity contribution in [2.45, 2.75) is 38.6 Å². The van der Waals surface area contributed by atoms with Gasteiger partial charge >= 0.3 is 5.97 Å². The van der Waals surface area contributed by atoms with Crippen molar-refractivity contribution >= 4 is 16.0 Å². The number of furan rings is 1. The minimum atomic E-state index is -3.79. The molecule has 8 heteroatoms. The zero-order valence-corrected chi connectivity index (χ0v) is 17.2. The zero-order valence-electron chi connectivity index (χ0n) is 16.4. The molecule has 27 heavy (non-hydrogen) atoms. The molecule has 0 saturated heterocycles. The molecular formula is C19H25NO6S. The summed E-state index contributed by atoms with van der Waals surface area (Å²) in [6.45, 7) is 7.11. The van der Waals surface area contributed by atoms with Crippen LogP contribution in [0.2, 0.25) is 0 Å². The molecule has 0 aliphatic rings. The molecular weight excluding hydrogens is 370 g/mol. The fourth-order valence-electron chi connectivity index (χ4n) is 2.86. The van der Waals surface area contributed by atoms with Crippen LogP contribution in [0.25, 0.3) is 0 Å². The molecule has 7 nitrogen and oxygen atoms in total. The van der Waals surface area contributed by atoms with E-state index in [1.165, 1.54) is 30.8 Å². The van der Waals surface area contributed by atoms with Crippen LogP contribution in [0.4, 0.5) is 0 Å². The number of benzene rings is 1. The first kappa shape index (κ1) is 21.0. The summed E-state index contributed by atoms with van der Waals surface area (Å²) in [4.78, 5) is 12.0. The Morgan fingerprint density at radius 1 is 1.22 bits per heavy atom. The predicted molar refractivity (Wildman–Crippen MR) is 100 cm³/mol. The van der Waals surface area contributed by atoms with E-state index in [4.69, 9.17) is 13.9 Å². The van der Waals surface area contributed by atoms with Gasteiger partial charge in [0, 0.05) is 7.05 Å². The van der Waals surface area contributed by atoms with Gasteiger partial charge in [0.2, 0.25) is 10.0 Å². The molecule has 0 saturated carbocycles. The highest BCUT2D eigenvalue weighted by atomic mass is 32.2.